The highest BCUT2D eigenvalue weighted by atomic mass is 79.9. The first kappa shape index (κ1) is 18.5. The van der Waals surface area contributed by atoms with Crippen molar-refractivity contribution in [1.29, 1.82) is 0 Å². The first-order valence-corrected chi connectivity index (χ1v) is 12.7. The Morgan fingerprint density at radius 3 is 2.27 bits per heavy atom. The Kier molecular flexibility index (Phi) is 4.08. The van der Waals surface area contributed by atoms with Crippen molar-refractivity contribution < 1.29 is 5.11 Å². The normalized spacial score (nSPS) is 58.2. The fourth-order valence-electron chi connectivity index (χ4n) is 9.73. The van der Waals surface area contributed by atoms with Crippen molar-refractivity contribution in [3.8, 4) is 0 Å². The van der Waals surface area contributed by atoms with E-state index < -0.39 is 0 Å². The van der Waals surface area contributed by atoms with Crippen molar-refractivity contribution in [3.63, 3.8) is 0 Å². The molecule has 0 aromatic heterocycles. The van der Waals surface area contributed by atoms with E-state index in [0.29, 0.717) is 11.3 Å². The van der Waals surface area contributed by atoms with Gasteiger partial charge in [-0.05, 0) is 110 Å². The molecule has 0 spiro atoms. The van der Waals surface area contributed by atoms with Crippen molar-refractivity contribution in [1.82, 2.24) is 0 Å². The van der Waals surface area contributed by atoms with Crippen LogP contribution >= 0.6 is 15.9 Å². The first-order valence-electron chi connectivity index (χ1n) is 11.5. The molecule has 0 aliphatic heterocycles. The zero-order chi connectivity index (χ0) is 18.5. The van der Waals surface area contributed by atoms with Gasteiger partial charge in [-0.1, -0.05) is 43.6 Å². The molecule has 0 aromatic rings. The molecule has 0 radical (unpaired) electrons. The number of rotatable bonds is 2. The minimum atomic E-state index is -0.312. The highest BCUT2D eigenvalue weighted by Gasteiger charge is 2.75. The van der Waals surface area contributed by atoms with Gasteiger partial charge in [-0.2, -0.15) is 0 Å². The lowest BCUT2D eigenvalue weighted by atomic mass is 9.49. The van der Waals surface area contributed by atoms with E-state index in [0.717, 1.165) is 47.8 Å². The van der Waals surface area contributed by atoms with Crippen molar-refractivity contribution in [3.05, 3.63) is 0 Å². The Balaban J connectivity index is 1.38. The van der Waals surface area contributed by atoms with Crippen molar-refractivity contribution in [2.24, 2.45) is 58.2 Å². The highest BCUT2D eigenvalue weighted by molar-refractivity contribution is 9.09. The number of aliphatic hydroxyl groups is 1. The summed E-state index contributed by atoms with van der Waals surface area (Å²) in [5.74, 6) is 7.08. The van der Waals surface area contributed by atoms with Gasteiger partial charge in [0.15, 0.2) is 0 Å². The number of halogens is 1. The summed E-state index contributed by atoms with van der Waals surface area (Å²) in [6, 6.07) is 0. The minimum Gasteiger partial charge on any atom is -0.389 e. The van der Waals surface area contributed by atoms with E-state index in [2.05, 4.69) is 43.6 Å². The number of fused-ring (bicyclic) bond motifs is 7. The molecule has 5 saturated carbocycles. The molecule has 148 valence electrons. The zero-order valence-corrected chi connectivity index (χ0v) is 18.9. The third-order valence-electron chi connectivity index (χ3n) is 11.0. The van der Waals surface area contributed by atoms with Gasteiger partial charge in [0.25, 0.3) is 0 Å². The summed E-state index contributed by atoms with van der Waals surface area (Å²) in [5, 5.41) is 12.3. The maximum Gasteiger partial charge on any atom is 0.0739 e. The third kappa shape index (κ3) is 2.13. The van der Waals surface area contributed by atoms with Gasteiger partial charge in [0.1, 0.15) is 0 Å². The molecule has 1 N–H and O–H groups in total. The van der Waals surface area contributed by atoms with Gasteiger partial charge in [-0.3, -0.25) is 0 Å². The molecule has 2 heteroatoms. The predicted octanol–water partition coefficient (Wildman–Crippen LogP) is 6.28. The van der Waals surface area contributed by atoms with Crippen LogP contribution in [-0.4, -0.2) is 16.0 Å². The average molecular weight is 423 g/mol. The molecule has 1 nitrogen and oxygen atoms in total. The second-order valence-corrected chi connectivity index (χ2v) is 12.5. The summed E-state index contributed by atoms with van der Waals surface area (Å²) in [4.78, 5) is 0. The van der Waals surface area contributed by atoms with Gasteiger partial charge in [0.2, 0.25) is 0 Å². The number of hydrogen-bond donors (Lipinski definition) is 1. The largest absolute Gasteiger partial charge is 0.389 e. The molecule has 5 rings (SSSR count). The zero-order valence-electron chi connectivity index (χ0n) is 17.3. The molecule has 0 heterocycles. The molecule has 5 aliphatic rings. The highest BCUT2D eigenvalue weighted by Crippen LogP contribution is 2.75. The fraction of sp³-hybridized carbons (Fsp3) is 1.00. The summed E-state index contributed by atoms with van der Waals surface area (Å²) in [6.07, 6.45) is 11.2. The van der Waals surface area contributed by atoms with Crippen LogP contribution in [0.2, 0.25) is 0 Å². The van der Waals surface area contributed by atoms with Gasteiger partial charge >= 0.3 is 0 Å². The third-order valence-corrected chi connectivity index (χ3v) is 12.1. The molecular weight excluding hydrogens is 384 g/mol. The van der Waals surface area contributed by atoms with Crippen LogP contribution in [0.5, 0.6) is 0 Å². The lowest BCUT2D eigenvalue weighted by Crippen LogP contribution is -2.50. The van der Waals surface area contributed by atoms with Crippen LogP contribution in [0.1, 0.15) is 79.1 Å². The Hall–Kier alpha value is 0.440. The molecule has 0 saturated heterocycles. The Labute approximate surface area is 169 Å². The lowest BCUT2D eigenvalue weighted by Gasteiger charge is -2.56. The summed E-state index contributed by atoms with van der Waals surface area (Å²) in [6.45, 7) is 9.83. The molecule has 5 fully saturated rings. The SMILES string of the molecule is CC(CBr)C1CC[C@H]2[C@@H]3CC[C@@H]4C5C(C)(C)[C@@]5(O)CC[C@@H]4[C@H]3CC[C@]12C. The Morgan fingerprint density at radius 1 is 0.885 bits per heavy atom. The molecule has 10 atom stereocenters. The van der Waals surface area contributed by atoms with Crippen molar-refractivity contribution in [2.45, 2.75) is 84.7 Å². The minimum absolute atomic E-state index is 0.187. The fourth-order valence-corrected chi connectivity index (χ4v) is 10.2. The Morgan fingerprint density at radius 2 is 1.54 bits per heavy atom. The van der Waals surface area contributed by atoms with Crippen LogP contribution in [0.4, 0.5) is 0 Å². The first-order chi connectivity index (χ1) is 12.3. The van der Waals surface area contributed by atoms with Crippen LogP contribution in [0, 0.1) is 58.2 Å². The second-order valence-electron chi connectivity index (χ2n) is 11.9. The maximum atomic E-state index is 11.1. The van der Waals surface area contributed by atoms with Gasteiger partial charge in [0, 0.05) is 5.33 Å². The molecule has 0 amide bonds. The van der Waals surface area contributed by atoms with E-state index >= 15 is 0 Å². The van der Waals surface area contributed by atoms with E-state index in [9.17, 15) is 5.11 Å². The summed E-state index contributed by atoms with van der Waals surface area (Å²) in [5.41, 5.74) is 0.482. The van der Waals surface area contributed by atoms with Crippen LogP contribution in [0.15, 0.2) is 0 Å². The van der Waals surface area contributed by atoms with Crippen LogP contribution < -0.4 is 0 Å². The summed E-state index contributed by atoms with van der Waals surface area (Å²) >= 11 is 3.78. The summed E-state index contributed by atoms with van der Waals surface area (Å²) in [7, 11) is 0. The van der Waals surface area contributed by atoms with Gasteiger partial charge in [-0.15, -0.1) is 0 Å². The maximum absolute atomic E-state index is 11.1. The van der Waals surface area contributed by atoms with E-state index in [1.807, 2.05) is 0 Å². The van der Waals surface area contributed by atoms with Crippen LogP contribution in [0.3, 0.4) is 0 Å². The Bertz CT molecular complexity index is 587. The smallest absolute Gasteiger partial charge is 0.0739 e. The molecular formula is C24H39BrO. The van der Waals surface area contributed by atoms with Crippen LogP contribution in [0.25, 0.3) is 0 Å². The van der Waals surface area contributed by atoms with E-state index in [-0.39, 0.29) is 11.0 Å². The van der Waals surface area contributed by atoms with E-state index in [1.54, 1.807) is 0 Å². The summed E-state index contributed by atoms with van der Waals surface area (Å²) < 4.78 is 0. The van der Waals surface area contributed by atoms with Gasteiger partial charge < -0.3 is 5.11 Å². The van der Waals surface area contributed by atoms with Crippen molar-refractivity contribution >= 4 is 15.9 Å². The second kappa shape index (κ2) is 5.74. The van der Waals surface area contributed by atoms with Gasteiger partial charge in [0.05, 0.1) is 5.60 Å². The predicted molar refractivity (Wildman–Crippen MR) is 111 cm³/mol. The average Bonchev–Trinajstić information content (AvgIpc) is 2.89. The molecule has 0 bridgehead atoms. The van der Waals surface area contributed by atoms with Crippen molar-refractivity contribution in [2.75, 3.05) is 5.33 Å². The molecule has 5 aliphatic carbocycles. The van der Waals surface area contributed by atoms with Gasteiger partial charge in [-0.25, -0.2) is 0 Å². The molecule has 26 heavy (non-hydrogen) atoms. The monoisotopic (exact) mass is 422 g/mol. The van der Waals surface area contributed by atoms with E-state index in [1.165, 1.54) is 50.3 Å². The lowest BCUT2D eigenvalue weighted by molar-refractivity contribution is -0.0830. The molecule has 0 aromatic carbocycles. The number of hydrogen-bond acceptors (Lipinski definition) is 1. The number of alkyl halides is 1. The quantitative estimate of drug-likeness (QED) is 0.518. The van der Waals surface area contributed by atoms with Crippen LogP contribution in [-0.2, 0) is 0 Å². The topological polar surface area (TPSA) is 20.2 Å². The molecule has 3 unspecified atom stereocenters. The standard InChI is InChI=1S/C24H39BrO/c1-14(13-25)19-7-8-20-17-5-6-18-16(15(17)9-11-23(19,20)4)10-12-24(26)21(18)22(24,2)3/h14-21,26H,5-13H2,1-4H3/t14?,15-,16-,17-,18+,19?,20+,21?,23-,24-/m1/s1. The van der Waals surface area contributed by atoms with E-state index in [4.69, 9.17) is 0 Å².